The molecule has 0 saturated carbocycles. The second kappa shape index (κ2) is 24.7. The molecule has 0 amide bonds. The fourth-order valence-electron chi connectivity index (χ4n) is 5.92. The van der Waals surface area contributed by atoms with Gasteiger partial charge in [-0.1, -0.05) is 39.5 Å². The van der Waals surface area contributed by atoms with Gasteiger partial charge >= 0.3 is 17.9 Å². The van der Waals surface area contributed by atoms with E-state index in [2.05, 4.69) is 0 Å². The van der Waals surface area contributed by atoms with Gasteiger partial charge in [-0.3, -0.25) is 9.59 Å². The number of hydrogen-bond donors (Lipinski definition) is 2. The van der Waals surface area contributed by atoms with E-state index >= 15 is 0 Å². The second-order valence-electron chi connectivity index (χ2n) is 10.8. The molecule has 0 aliphatic carbocycles. The predicted molar refractivity (Wildman–Crippen MR) is 176 cm³/mol. The molecule has 3 unspecified atom stereocenters. The van der Waals surface area contributed by atoms with E-state index in [1.807, 2.05) is 13.8 Å². The van der Waals surface area contributed by atoms with Gasteiger partial charge in [0.2, 0.25) is 12.1 Å². The summed E-state index contributed by atoms with van der Waals surface area (Å²) in [6.45, 7) is 16.7. The number of unbranched alkanes of at least 4 members (excludes halogenated alkanes) is 4. The Morgan fingerprint density at radius 2 is 1.09 bits per heavy atom. The van der Waals surface area contributed by atoms with E-state index < -0.39 is 41.2 Å². The third kappa shape index (κ3) is 11.3. The van der Waals surface area contributed by atoms with Crippen LogP contribution in [-0.4, -0.2) is 105 Å². The lowest BCUT2D eigenvalue weighted by Gasteiger charge is -2.60. The summed E-state index contributed by atoms with van der Waals surface area (Å²) in [5.41, 5.74) is -2.34. The normalized spacial score (nSPS) is 16.1. The van der Waals surface area contributed by atoms with Crippen LogP contribution in [0, 0.1) is 5.41 Å². The van der Waals surface area contributed by atoms with Gasteiger partial charge in [0.05, 0.1) is 13.2 Å². The third-order valence-electron chi connectivity index (χ3n) is 7.60. The molecule has 13 heteroatoms. The van der Waals surface area contributed by atoms with Gasteiger partial charge in [-0.15, -0.1) is 0 Å². The summed E-state index contributed by atoms with van der Waals surface area (Å²) in [6.07, 6.45) is 2.04. The molecule has 0 saturated heterocycles. The number of carboxylic acids is 2. The largest absolute Gasteiger partial charge is 0.481 e. The summed E-state index contributed by atoms with van der Waals surface area (Å²) < 4.78 is 58.1. The highest BCUT2D eigenvalue weighted by molar-refractivity contribution is 5.78. The van der Waals surface area contributed by atoms with Crippen molar-refractivity contribution >= 4 is 11.9 Å². The molecule has 0 fully saturated rings. The van der Waals surface area contributed by atoms with E-state index in [0.717, 1.165) is 6.42 Å². The molecule has 47 heavy (non-hydrogen) atoms. The van der Waals surface area contributed by atoms with Crippen molar-refractivity contribution in [1.29, 1.82) is 0 Å². The molecule has 0 bridgehead atoms. The number of ether oxygens (including phenoxy) is 9. The lowest BCUT2D eigenvalue weighted by atomic mass is 9.65. The highest BCUT2D eigenvalue weighted by Gasteiger charge is 2.82. The zero-order chi connectivity index (χ0) is 35.8. The smallest absolute Gasteiger partial charge is 0.342 e. The molecule has 0 aromatic carbocycles. The van der Waals surface area contributed by atoms with E-state index in [4.69, 9.17) is 42.6 Å². The van der Waals surface area contributed by atoms with E-state index in [9.17, 15) is 19.8 Å². The van der Waals surface area contributed by atoms with Crippen molar-refractivity contribution in [2.75, 3.05) is 59.5 Å². The van der Waals surface area contributed by atoms with Crippen molar-refractivity contribution < 1.29 is 62.4 Å². The van der Waals surface area contributed by atoms with Crippen LogP contribution in [-0.2, 0) is 52.2 Å². The van der Waals surface area contributed by atoms with Crippen LogP contribution in [0.15, 0.2) is 0 Å². The first-order valence-corrected chi connectivity index (χ1v) is 17.7. The van der Waals surface area contributed by atoms with Gasteiger partial charge in [0.25, 0.3) is 5.79 Å². The average molecular weight is 683 g/mol. The lowest BCUT2D eigenvalue weighted by molar-refractivity contribution is -0.543. The van der Waals surface area contributed by atoms with Crippen LogP contribution in [0.2, 0.25) is 0 Å². The first-order valence-electron chi connectivity index (χ1n) is 17.7. The molecule has 0 rings (SSSR count). The third-order valence-corrected chi connectivity index (χ3v) is 7.60. The van der Waals surface area contributed by atoms with Crippen LogP contribution in [0.1, 0.15) is 120 Å². The SMILES string of the molecule is CCCCOC(OCC)(C(OCC)(OCC)OCC)C(CCCCCCC(=O)O)(C(=O)O)C(OCC)(OCCC)C(OCC)OCC. The zero-order valence-electron chi connectivity index (χ0n) is 30.7. The summed E-state index contributed by atoms with van der Waals surface area (Å²) >= 11 is 0. The Hall–Kier alpha value is -1.42. The Kier molecular flexibility index (Phi) is 23.9. The standard InChI is InChI=1S/C34H66O13/c1-10-19-27-47-33(42-15-6,34(43-16-7,44-17-8)45-18-9)31(29(37)38,25-23-21-20-22-24-28(35)36)32(41-14-5,46-26-11-2)30(39-12-3)40-13-4/h30H,10-27H2,1-9H3,(H,35,36)(H,37,38). The van der Waals surface area contributed by atoms with Crippen molar-refractivity contribution in [3.63, 3.8) is 0 Å². The lowest BCUT2D eigenvalue weighted by Crippen LogP contribution is -2.81. The number of hydrogen-bond acceptors (Lipinski definition) is 11. The Labute approximate surface area is 283 Å². The number of carboxylic acid groups (broad SMARTS) is 2. The van der Waals surface area contributed by atoms with Crippen LogP contribution in [0.5, 0.6) is 0 Å². The second-order valence-corrected chi connectivity index (χ2v) is 10.8. The van der Waals surface area contributed by atoms with Crippen LogP contribution in [0.4, 0.5) is 0 Å². The molecule has 0 radical (unpaired) electrons. The van der Waals surface area contributed by atoms with Gasteiger partial charge < -0.3 is 52.8 Å². The maximum absolute atomic E-state index is 14.6. The summed E-state index contributed by atoms with van der Waals surface area (Å²) in [6, 6.07) is 0. The molecular formula is C34H66O13. The van der Waals surface area contributed by atoms with E-state index in [-0.39, 0.29) is 78.7 Å². The summed E-state index contributed by atoms with van der Waals surface area (Å²) in [5, 5.41) is 21.0. The number of rotatable bonds is 33. The van der Waals surface area contributed by atoms with E-state index in [0.29, 0.717) is 32.1 Å². The quantitative estimate of drug-likeness (QED) is 0.0583. The molecule has 0 aliphatic rings. The zero-order valence-corrected chi connectivity index (χ0v) is 30.7. The van der Waals surface area contributed by atoms with E-state index in [1.54, 1.807) is 48.5 Å². The Bertz CT molecular complexity index is 805. The Balaban J connectivity index is 8.49. The highest BCUT2D eigenvalue weighted by atomic mass is 16.9. The fourth-order valence-corrected chi connectivity index (χ4v) is 5.92. The molecule has 3 atom stereocenters. The molecule has 0 heterocycles. The summed E-state index contributed by atoms with van der Waals surface area (Å²) in [5.74, 6) is -9.06. The van der Waals surface area contributed by atoms with Crippen molar-refractivity contribution in [2.45, 2.75) is 144 Å². The van der Waals surface area contributed by atoms with Crippen LogP contribution in [0.3, 0.4) is 0 Å². The Morgan fingerprint density at radius 1 is 0.553 bits per heavy atom. The number of carbonyl (C=O) groups is 2. The van der Waals surface area contributed by atoms with Crippen LogP contribution in [0.25, 0.3) is 0 Å². The molecule has 13 nitrogen and oxygen atoms in total. The number of aliphatic carboxylic acids is 2. The van der Waals surface area contributed by atoms with Gasteiger partial charge in [0.1, 0.15) is 0 Å². The van der Waals surface area contributed by atoms with Gasteiger partial charge in [-0.25, -0.2) is 0 Å². The molecule has 0 aromatic rings. The summed E-state index contributed by atoms with van der Waals surface area (Å²) in [4.78, 5) is 25.8. The van der Waals surface area contributed by atoms with Gasteiger partial charge in [-0.05, 0) is 74.1 Å². The van der Waals surface area contributed by atoms with Crippen molar-refractivity contribution in [2.24, 2.45) is 5.41 Å². The minimum Gasteiger partial charge on any atom is -0.481 e. The highest BCUT2D eigenvalue weighted by Crippen LogP contribution is 2.59. The monoisotopic (exact) mass is 682 g/mol. The molecule has 280 valence electrons. The summed E-state index contributed by atoms with van der Waals surface area (Å²) in [7, 11) is 0. The molecule has 0 spiro atoms. The van der Waals surface area contributed by atoms with Gasteiger partial charge in [0, 0.05) is 52.7 Å². The molecule has 0 aromatic heterocycles. The predicted octanol–water partition coefficient (Wildman–Crippen LogP) is 6.35. The van der Waals surface area contributed by atoms with Crippen LogP contribution < -0.4 is 0 Å². The fraction of sp³-hybridized carbons (Fsp3) is 0.941. The van der Waals surface area contributed by atoms with Gasteiger partial charge in [0.15, 0.2) is 5.41 Å². The first-order chi connectivity index (χ1) is 22.6. The van der Waals surface area contributed by atoms with Crippen molar-refractivity contribution in [3.8, 4) is 0 Å². The van der Waals surface area contributed by atoms with Crippen LogP contribution >= 0.6 is 0 Å². The van der Waals surface area contributed by atoms with Gasteiger partial charge in [-0.2, -0.15) is 0 Å². The average Bonchev–Trinajstić information content (AvgIpc) is 3.02. The van der Waals surface area contributed by atoms with Crippen molar-refractivity contribution in [1.82, 2.24) is 0 Å². The van der Waals surface area contributed by atoms with Crippen molar-refractivity contribution in [3.05, 3.63) is 0 Å². The maximum Gasteiger partial charge on any atom is 0.342 e. The van der Waals surface area contributed by atoms with E-state index in [1.165, 1.54) is 0 Å². The first kappa shape index (κ1) is 45.6. The molecule has 2 N–H and O–H groups in total. The topological polar surface area (TPSA) is 158 Å². The Morgan fingerprint density at radius 3 is 1.51 bits per heavy atom. The minimum absolute atomic E-state index is 0.00840. The minimum atomic E-state index is -2.37. The maximum atomic E-state index is 14.6. The molecular weight excluding hydrogens is 616 g/mol. The molecule has 0 aliphatic heterocycles.